The minimum atomic E-state index is -1.19. The van der Waals surface area contributed by atoms with Crippen LogP contribution in [0.5, 0.6) is 5.75 Å². The standard InChI is InChI=1S/C13H12N2O6S/c16-8-3-1-7(2-4-8)15-12(20)9(22-13(15)21)5-10(17)14-6-11(18)19/h1-4,9,16H,5-6H2,(H,14,17)(H,18,19). The molecule has 3 N–H and O–H groups in total. The van der Waals surface area contributed by atoms with Crippen LogP contribution in [0.4, 0.5) is 10.5 Å². The van der Waals surface area contributed by atoms with Gasteiger partial charge in [-0.2, -0.15) is 0 Å². The number of phenols is 1. The van der Waals surface area contributed by atoms with Crippen molar-refractivity contribution in [2.75, 3.05) is 11.4 Å². The van der Waals surface area contributed by atoms with E-state index in [1.165, 1.54) is 24.3 Å². The Morgan fingerprint density at radius 2 is 1.86 bits per heavy atom. The van der Waals surface area contributed by atoms with E-state index < -0.39 is 34.8 Å². The Labute approximate surface area is 129 Å². The van der Waals surface area contributed by atoms with Crippen LogP contribution in [0.3, 0.4) is 0 Å². The minimum Gasteiger partial charge on any atom is -0.508 e. The average Bonchev–Trinajstić information content (AvgIpc) is 2.72. The quantitative estimate of drug-likeness (QED) is 0.722. The Bertz CT molecular complexity index is 630. The second-order valence-corrected chi connectivity index (χ2v) is 5.59. The van der Waals surface area contributed by atoms with Crippen molar-refractivity contribution in [2.24, 2.45) is 0 Å². The fraction of sp³-hybridized carbons (Fsp3) is 0.231. The summed E-state index contributed by atoms with van der Waals surface area (Å²) < 4.78 is 0. The third-order valence-electron chi connectivity index (χ3n) is 2.84. The van der Waals surface area contributed by atoms with Gasteiger partial charge in [0, 0.05) is 6.42 Å². The second kappa shape index (κ2) is 6.48. The van der Waals surface area contributed by atoms with E-state index in [-0.39, 0.29) is 12.2 Å². The van der Waals surface area contributed by atoms with E-state index in [9.17, 15) is 24.3 Å². The fourth-order valence-corrected chi connectivity index (χ4v) is 2.82. The van der Waals surface area contributed by atoms with Crippen molar-refractivity contribution in [1.29, 1.82) is 0 Å². The third-order valence-corrected chi connectivity index (χ3v) is 3.87. The number of anilines is 1. The molecule has 1 atom stereocenters. The molecule has 0 aromatic heterocycles. The van der Waals surface area contributed by atoms with Gasteiger partial charge >= 0.3 is 5.97 Å². The maximum absolute atomic E-state index is 12.2. The van der Waals surface area contributed by atoms with E-state index in [0.29, 0.717) is 17.4 Å². The molecule has 0 radical (unpaired) electrons. The first-order valence-corrected chi connectivity index (χ1v) is 7.08. The summed E-state index contributed by atoms with van der Waals surface area (Å²) in [6, 6.07) is 5.51. The monoisotopic (exact) mass is 324 g/mol. The normalized spacial score (nSPS) is 17.6. The van der Waals surface area contributed by atoms with Crippen molar-refractivity contribution in [3.8, 4) is 5.75 Å². The van der Waals surface area contributed by atoms with Gasteiger partial charge in [-0.1, -0.05) is 0 Å². The van der Waals surface area contributed by atoms with Gasteiger partial charge in [0.05, 0.1) is 5.69 Å². The molecule has 1 fully saturated rings. The molecule has 8 nitrogen and oxygen atoms in total. The summed E-state index contributed by atoms with van der Waals surface area (Å²) in [5.41, 5.74) is 0.300. The third kappa shape index (κ3) is 3.55. The lowest BCUT2D eigenvalue weighted by atomic mass is 10.2. The average molecular weight is 324 g/mol. The summed E-state index contributed by atoms with van der Waals surface area (Å²) in [7, 11) is 0. The molecule has 22 heavy (non-hydrogen) atoms. The van der Waals surface area contributed by atoms with E-state index in [1.807, 2.05) is 0 Å². The van der Waals surface area contributed by atoms with Crippen LogP contribution in [0.25, 0.3) is 0 Å². The molecule has 1 aromatic rings. The number of imide groups is 1. The summed E-state index contributed by atoms with van der Waals surface area (Å²) in [6.07, 6.45) is -0.281. The van der Waals surface area contributed by atoms with Crippen LogP contribution in [0, 0.1) is 0 Å². The SMILES string of the molecule is O=C(O)CNC(=O)CC1SC(=O)N(c2ccc(O)cc2)C1=O. The number of thioether (sulfide) groups is 1. The lowest BCUT2D eigenvalue weighted by molar-refractivity contribution is -0.137. The molecule has 1 unspecified atom stereocenters. The predicted octanol–water partition coefficient (Wildman–Crippen LogP) is 0.552. The number of carboxylic acid groups (broad SMARTS) is 1. The number of hydrogen-bond acceptors (Lipinski definition) is 6. The van der Waals surface area contributed by atoms with E-state index in [2.05, 4.69) is 5.32 Å². The molecule has 0 bridgehead atoms. The number of nitrogens with zero attached hydrogens (tertiary/aromatic N) is 1. The number of aliphatic carboxylic acids is 1. The Hall–Kier alpha value is -2.55. The number of nitrogens with one attached hydrogen (secondary N) is 1. The van der Waals surface area contributed by atoms with Crippen LogP contribution in [-0.4, -0.2) is 45.0 Å². The van der Waals surface area contributed by atoms with Crippen LogP contribution in [0.15, 0.2) is 24.3 Å². The number of rotatable bonds is 5. The number of aromatic hydroxyl groups is 1. The van der Waals surface area contributed by atoms with Gasteiger partial charge in [0.15, 0.2) is 0 Å². The molecule has 116 valence electrons. The largest absolute Gasteiger partial charge is 0.508 e. The van der Waals surface area contributed by atoms with Gasteiger partial charge in [-0.25, -0.2) is 4.90 Å². The van der Waals surface area contributed by atoms with Gasteiger partial charge in [0.1, 0.15) is 17.5 Å². The van der Waals surface area contributed by atoms with Crippen molar-refractivity contribution >= 4 is 40.5 Å². The van der Waals surface area contributed by atoms with Crippen molar-refractivity contribution in [1.82, 2.24) is 5.32 Å². The Balaban J connectivity index is 2.04. The number of amides is 3. The number of carbonyl (C=O) groups is 4. The fourth-order valence-electron chi connectivity index (χ4n) is 1.84. The van der Waals surface area contributed by atoms with E-state index in [1.54, 1.807) is 0 Å². The highest BCUT2D eigenvalue weighted by atomic mass is 32.2. The number of hydrogen-bond donors (Lipinski definition) is 3. The topological polar surface area (TPSA) is 124 Å². The highest BCUT2D eigenvalue weighted by Crippen LogP contribution is 2.33. The number of benzene rings is 1. The molecule has 3 amide bonds. The predicted molar refractivity (Wildman–Crippen MR) is 77.6 cm³/mol. The number of carboxylic acids is 1. The van der Waals surface area contributed by atoms with Crippen LogP contribution >= 0.6 is 11.8 Å². The van der Waals surface area contributed by atoms with Gasteiger partial charge in [0.25, 0.3) is 5.24 Å². The number of carbonyl (C=O) groups excluding carboxylic acids is 3. The summed E-state index contributed by atoms with van der Waals surface area (Å²) in [5, 5.41) is 18.4. The van der Waals surface area contributed by atoms with Crippen molar-refractivity contribution < 1.29 is 29.4 Å². The molecule has 9 heteroatoms. The Morgan fingerprint density at radius 3 is 2.45 bits per heavy atom. The Morgan fingerprint density at radius 1 is 1.23 bits per heavy atom. The first-order chi connectivity index (χ1) is 10.4. The summed E-state index contributed by atoms with van der Waals surface area (Å²) in [5.74, 6) is -2.36. The highest BCUT2D eigenvalue weighted by molar-refractivity contribution is 8.15. The number of phenolic OH excluding ortho intramolecular Hbond substituents is 1. The van der Waals surface area contributed by atoms with Gasteiger partial charge < -0.3 is 15.5 Å². The van der Waals surface area contributed by atoms with Gasteiger partial charge in [0.2, 0.25) is 11.8 Å². The van der Waals surface area contributed by atoms with Crippen molar-refractivity contribution in [3.63, 3.8) is 0 Å². The molecule has 1 aliphatic rings. The maximum Gasteiger partial charge on any atom is 0.322 e. The van der Waals surface area contributed by atoms with E-state index in [4.69, 9.17) is 5.11 Å². The summed E-state index contributed by atoms with van der Waals surface area (Å²) in [4.78, 5) is 46.9. The van der Waals surface area contributed by atoms with Crippen LogP contribution < -0.4 is 10.2 Å². The molecule has 0 aliphatic carbocycles. The molecule has 1 aromatic carbocycles. The van der Waals surface area contributed by atoms with E-state index >= 15 is 0 Å². The van der Waals surface area contributed by atoms with Gasteiger partial charge in [-0.05, 0) is 36.0 Å². The molecule has 2 rings (SSSR count). The molecule has 1 saturated heterocycles. The first kappa shape index (κ1) is 15.8. The lowest BCUT2D eigenvalue weighted by Crippen LogP contribution is -2.35. The van der Waals surface area contributed by atoms with Gasteiger partial charge in [-0.3, -0.25) is 19.2 Å². The summed E-state index contributed by atoms with van der Waals surface area (Å²) in [6.45, 7) is -0.542. The van der Waals surface area contributed by atoms with E-state index in [0.717, 1.165) is 4.90 Å². The highest BCUT2D eigenvalue weighted by Gasteiger charge is 2.41. The maximum atomic E-state index is 12.2. The lowest BCUT2D eigenvalue weighted by Gasteiger charge is -2.13. The van der Waals surface area contributed by atoms with Crippen LogP contribution in [-0.2, 0) is 14.4 Å². The zero-order valence-corrected chi connectivity index (χ0v) is 12.0. The molecular formula is C13H12N2O6S. The van der Waals surface area contributed by atoms with Crippen molar-refractivity contribution in [2.45, 2.75) is 11.7 Å². The van der Waals surface area contributed by atoms with Crippen LogP contribution in [0.1, 0.15) is 6.42 Å². The Kier molecular flexibility index (Phi) is 4.66. The van der Waals surface area contributed by atoms with Crippen LogP contribution in [0.2, 0.25) is 0 Å². The first-order valence-electron chi connectivity index (χ1n) is 6.20. The molecule has 1 aliphatic heterocycles. The molecule has 0 saturated carbocycles. The zero-order chi connectivity index (χ0) is 16.3. The smallest absolute Gasteiger partial charge is 0.322 e. The van der Waals surface area contributed by atoms with Crippen molar-refractivity contribution in [3.05, 3.63) is 24.3 Å². The molecular weight excluding hydrogens is 312 g/mol. The minimum absolute atomic E-state index is 0.0000892. The van der Waals surface area contributed by atoms with Gasteiger partial charge in [-0.15, -0.1) is 0 Å². The summed E-state index contributed by atoms with van der Waals surface area (Å²) >= 11 is 0.710. The second-order valence-electron chi connectivity index (χ2n) is 4.44. The molecule has 1 heterocycles. The molecule has 0 spiro atoms. The zero-order valence-electron chi connectivity index (χ0n) is 11.2.